The van der Waals surface area contributed by atoms with Crippen LogP contribution in [0, 0.1) is 5.82 Å². The molecule has 1 fully saturated rings. The Kier molecular flexibility index (Phi) is 5.94. The molecule has 0 atom stereocenters. The van der Waals surface area contributed by atoms with Gasteiger partial charge in [-0.2, -0.15) is 0 Å². The van der Waals surface area contributed by atoms with Crippen molar-refractivity contribution in [2.24, 2.45) is 0 Å². The molecule has 0 bridgehead atoms. The fourth-order valence-corrected chi connectivity index (χ4v) is 4.89. The number of nitrogens with zero attached hydrogens (tertiary/aromatic N) is 2. The van der Waals surface area contributed by atoms with Crippen molar-refractivity contribution >= 4 is 28.6 Å². The number of piperazine rings is 1. The van der Waals surface area contributed by atoms with Gasteiger partial charge in [-0.3, -0.25) is 14.5 Å². The molecule has 5 rings (SSSR count). The number of nitrogens with one attached hydrogen (secondary N) is 1. The van der Waals surface area contributed by atoms with Gasteiger partial charge in [0.1, 0.15) is 17.2 Å². The van der Waals surface area contributed by atoms with E-state index in [0.717, 1.165) is 24.2 Å². The second-order valence-corrected chi connectivity index (χ2v) is 9.49. The van der Waals surface area contributed by atoms with E-state index in [1.807, 2.05) is 49.1 Å². The van der Waals surface area contributed by atoms with Crippen molar-refractivity contribution in [2.75, 3.05) is 44.6 Å². The molecule has 3 aliphatic heterocycles. The van der Waals surface area contributed by atoms with Gasteiger partial charge < -0.3 is 20.1 Å². The van der Waals surface area contributed by atoms with Gasteiger partial charge >= 0.3 is 0 Å². The van der Waals surface area contributed by atoms with Crippen LogP contribution in [0.5, 0.6) is 0 Å². The number of benzene rings is 2. The molecule has 35 heavy (non-hydrogen) atoms. The van der Waals surface area contributed by atoms with Crippen molar-refractivity contribution in [3.8, 4) is 0 Å². The normalized spacial score (nSPS) is 21.4. The van der Waals surface area contributed by atoms with E-state index in [4.69, 9.17) is 9.84 Å². The van der Waals surface area contributed by atoms with E-state index in [1.54, 1.807) is 6.07 Å². The van der Waals surface area contributed by atoms with E-state index in [1.165, 1.54) is 12.1 Å². The molecule has 2 N–H and O–H groups in total. The lowest BCUT2D eigenvalue weighted by molar-refractivity contribution is -0.111. The highest BCUT2D eigenvalue weighted by atomic mass is 19.1. The van der Waals surface area contributed by atoms with E-state index in [0.29, 0.717) is 47.8 Å². The predicted molar refractivity (Wildman–Crippen MR) is 131 cm³/mol. The van der Waals surface area contributed by atoms with Crippen LogP contribution in [0.1, 0.15) is 35.3 Å². The maximum Gasteiger partial charge on any atom is 0.260 e. The molecule has 0 aliphatic carbocycles. The smallest absolute Gasteiger partial charge is 0.260 e. The Morgan fingerprint density at radius 2 is 1.83 bits per heavy atom. The summed E-state index contributed by atoms with van der Waals surface area (Å²) in [5.41, 5.74) is 3.00. The first kappa shape index (κ1) is 23.3. The molecule has 2 amide bonds. The summed E-state index contributed by atoms with van der Waals surface area (Å²) in [6, 6.07) is 11.6. The van der Waals surface area contributed by atoms with Gasteiger partial charge in [0.05, 0.1) is 12.2 Å². The Labute approximate surface area is 203 Å². The monoisotopic (exact) mass is 477 g/mol. The number of fused-ring (bicyclic) bond motifs is 1. The second kappa shape index (κ2) is 8.94. The summed E-state index contributed by atoms with van der Waals surface area (Å²) >= 11 is 0. The summed E-state index contributed by atoms with van der Waals surface area (Å²) in [6.07, 6.45) is 1.83. The number of aliphatic hydroxyl groups excluding tert-OH is 1. The van der Waals surface area contributed by atoms with Crippen LogP contribution < -0.4 is 5.32 Å². The molecule has 2 aromatic rings. The molecular weight excluding hydrogens is 449 g/mol. The van der Waals surface area contributed by atoms with Crippen LogP contribution in [0.2, 0.25) is 0 Å². The number of β-amino-alcohol motifs (C(OH)–C–C–N with tert-alkyl or cyclic N) is 1. The Morgan fingerprint density at radius 3 is 2.51 bits per heavy atom. The molecule has 0 aromatic heterocycles. The van der Waals surface area contributed by atoms with Crippen LogP contribution in [0.3, 0.4) is 0 Å². The Morgan fingerprint density at radius 1 is 1.11 bits per heavy atom. The zero-order chi connectivity index (χ0) is 24.7. The molecule has 2 aromatic carbocycles. The summed E-state index contributed by atoms with van der Waals surface area (Å²) in [4.78, 5) is 29.6. The number of hydrogen-bond acceptors (Lipinski definition) is 5. The van der Waals surface area contributed by atoms with Crippen LogP contribution in [0.4, 0.5) is 10.1 Å². The fraction of sp³-hybridized carbons (Fsp3) is 0.333. The Bertz CT molecular complexity index is 1240. The van der Waals surface area contributed by atoms with Crippen molar-refractivity contribution in [1.29, 1.82) is 0 Å². The highest BCUT2D eigenvalue weighted by Gasteiger charge is 2.38. The van der Waals surface area contributed by atoms with Gasteiger partial charge in [-0.15, -0.1) is 0 Å². The highest BCUT2D eigenvalue weighted by Crippen LogP contribution is 2.44. The Balaban J connectivity index is 1.39. The van der Waals surface area contributed by atoms with E-state index in [2.05, 4.69) is 10.2 Å². The second-order valence-electron chi connectivity index (χ2n) is 9.49. The van der Waals surface area contributed by atoms with Crippen LogP contribution >= 0.6 is 0 Å². The van der Waals surface area contributed by atoms with Gasteiger partial charge in [0, 0.05) is 55.1 Å². The Hall–Kier alpha value is -3.49. The topological polar surface area (TPSA) is 82.1 Å². The number of amides is 2. The lowest BCUT2D eigenvalue weighted by Gasteiger charge is -2.34. The number of carbonyl (C=O) groups excluding carboxylic acids is 2. The molecule has 0 spiro atoms. The maximum absolute atomic E-state index is 13.9. The molecule has 0 radical (unpaired) electrons. The SMILES string of the molecule is CC1(C)O/C(=C2/C(=O)Nc3ccc(F)cc32)C=C1c1ccc(C(=O)N2CCN(CCO)CC2)cc1. The highest BCUT2D eigenvalue weighted by molar-refractivity contribution is 6.32. The third-order valence-corrected chi connectivity index (χ3v) is 6.78. The van der Waals surface area contributed by atoms with Gasteiger partial charge in [0.15, 0.2) is 0 Å². The first-order valence-corrected chi connectivity index (χ1v) is 11.8. The summed E-state index contributed by atoms with van der Waals surface area (Å²) in [5.74, 6) is -0.364. The number of aliphatic hydroxyl groups is 1. The van der Waals surface area contributed by atoms with E-state index < -0.39 is 11.4 Å². The van der Waals surface area contributed by atoms with Crippen molar-refractivity contribution < 1.29 is 23.8 Å². The minimum absolute atomic E-state index is 0.0137. The summed E-state index contributed by atoms with van der Waals surface area (Å²) in [5, 5.41) is 11.9. The molecular formula is C27H28FN3O4. The minimum atomic E-state index is -0.715. The third-order valence-electron chi connectivity index (χ3n) is 6.78. The lowest BCUT2D eigenvalue weighted by Crippen LogP contribution is -2.49. The number of halogens is 1. The zero-order valence-corrected chi connectivity index (χ0v) is 19.8. The molecule has 3 aliphatic rings. The van der Waals surface area contributed by atoms with E-state index in [-0.39, 0.29) is 18.4 Å². The number of rotatable bonds is 4. The number of anilines is 1. The molecule has 182 valence electrons. The summed E-state index contributed by atoms with van der Waals surface area (Å²) in [6.45, 7) is 7.35. The third kappa shape index (κ3) is 4.35. The van der Waals surface area contributed by atoms with Gasteiger partial charge in [-0.05, 0) is 55.8 Å². The van der Waals surface area contributed by atoms with Gasteiger partial charge in [0.25, 0.3) is 11.8 Å². The van der Waals surface area contributed by atoms with Crippen molar-refractivity contribution in [3.63, 3.8) is 0 Å². The van der Waals surface area contributed by atoms with E-state index >= 15 is 0 Å². The molecule has 8 heteroatoms. The van der Waals surface area contributed by atoms with Gasteiger partial charge in [-0.1, -0.05) is 12.1 Å². The summed E-state index contributed by atoms with van der Waals surface area (Å²) < 4.78 is 20.0. The molecule has 1 saturated heterocycles. The molecule has 3 heterocycles. The van der Waals surface area contributed by atoms with Crippen LogP contribution in [-0.2, 0) is 9.53 Å². The van der Waals surface area contributed by atoms with Gasteiger partial charge in [0.2, 0.25) is 0 Å². The zero-order valence-electron chi connectivity index (χ0n) is 19.8. The molecule has 0 saturated carbocycles. The number of hydrogen-bond donors (Lipinski definition) is 2. The van der Waals surface area contributed by atoms with Crippen LogP contribution in [-0.4, -0.2) is 71.7 Å². The van der Waals surface area contributed by atoms with E-state index in [9.17, 15) is 14.0 Å². The summed E-state index contributed by atoms with van der Waals surface area (Å²) in [7, 11) is 0. The largest absolute Gasteiger partial charge is 0.482 e. The molecule has 0 unspecified atom stereocenters. The standard InChI is InChI=1S/C27H28FN3O4/c1-27(2)21(16-23(35-27)24-20-15-19(28)7-8-22(20)29-25(24)33)17-3-5-18(6-4-17)26(34)31-11-9-30(10-12-31)13-14-32/h3-8,15-16,32H,9-14H2,1-2H3,(H,29,33)/b24-23+. The van der Waals surface area contributed by atoms with Gasteiger partial charge in [-0.25, -0.2) is 4.39 Å². The van der Waals surface area contributed by atoms with Crippen molar-refractivity contribution in [3.05, 3.63) is 76.8 Å². The number of ether oxygens (including phenoxy) is 1. The van der Waals surface area contributed by atoms with Crippen LogP contribution in [0.15, 0.2) is 54.3 Å². The first-order chi connectivity index (χ1) is 16.8. The predicted octanol–water partition coefficient (Wildman–Crippen LogP) is 3.13. The number of carbonyl (C=O) groups is 2. The minimum Gasteiger partial charge on any atom is -0.482 e. The quantitative estimate of drug-likeness (QED) is 0.662. The van der Waals surface area contributed by atoms with Crippen molar-refractivity contribution in [2.45, 2.75) is 19.4 Å². The maximum atomic E-state index is 13.9. The van der Waals surface area contributed by atoms with Crippen LogP contribution in [0.25, 0.3) is 11.1 Å². The van der Waals surface area contributed by atoms with Crippen molar-refractivity contribution in [1.82, 2.24) is 9.80 Å². The lowest BCUT2D eigenvalue weighted by atomic mass is 9.91. The average Bonchev–Trinajstić information content (AvgIpc) is 3.33. The molecule has 7 nitrogen and oxygen atoms in total. The fourth-order valence-electron chi connectivity index (χ4n) is 4.89. The number of allylic oxidation sites excluding steroid dienone is 1. The average molecular weight is 478 g/mol. The first-order valence-electron chi connectivity index (χ1n) is 11.8.